The maximum absolute atomic E-state index is 11.1. The van der Waals surface area contributed by atoms with Crippen LogP contribution in [0, 0.1) is 0 Å². The molecule has 0 aromatic carbocycles. The van der Waals surface area contributed by atoms with Gasteiger partial charge in [-0.1, -0.05) is 140 Å². The Labute approximate surface area is 294 Å². The first-order chi connectivity index (χ1) is 23.0. The van der Waals surface area contributed by atoms with Crippen LogP contribution in [0.4, 0.5) is 4.79 Å². The van der Waals surface area contributed by atoms with Gasteiger partial charge in [-0.25, -0.2) is 4.79 Å². The minimum atomic E-state index is -0.101. The number of nitrogens with zero attached hydrogens (tertiary/aromatic N) is 3. The van der Waals surface area contributed by atoms with E-state index in [9.17, 15) is 14.4 Å². The SMILES string of the molecule is C.CCNC(=O)NC/C=C\CCCCCCCCCCCCC(=O)OC.COC(=O)CCCCCCCCCCCC/C=C\CN=[N+]=[N-]. The first kappa shape index (κ1) is 49.4. The average Bonchev–Trinajstić information content (AvgIpc) is 3.08. The molecule has 0 rings (SSSR count). The zero-order valence-electron chi connectivity index (χ0n) is 30.3. The lowest BCUT2D eigenvalue weighted by atomic mass is 10.1. The summed E-state index contributed by atoms with van der Waals surface area (Å²) in [5.74, 6) is -0.180. The minimum absolute atomic E-state index is 0. The highest BCUT2D eigenvalue weighted by molar-refractivity contribution is 5.73. The van der Waals surface area contributed by atoms with Gasteiger partial charge in [0.1, 0.15) is 0 Å². The summed E-state index contributed by atoms with van der Waals surface area (Å²) in [6.45, 7) is 3.63. The van der Waals surface area contributed by atoms with Crippen molar-refractivity contribution in [2.45, 2.75) is 168 Å². The van der Waals surface area contributed by atoms with Crippen molar-refractivity contribution in [3.05, 3.63) is 34.7 Å². The summed E-state index contributed by atoms with van der Waals surface area (Å²) in [5, 5.41) is 8.93. The number of nitrogens with one attached hydrogen (secondary N) is 2. The fourth-order valence-corrected chi connectivity index (χ4v) is 4.95. The van der Waals surface area contributed by atoms with Crippen LogP contribution < -0.4 is 10.6 Å². The molecule has 280 valence electrons. The van der Waals surface area contributed by atoms with E-state index in [4.69, 9.17) is 5.53 Å². The largest absolute Gasteiger partial charge is 0.469 e. The van der Waals surface area contributed by atoms with Gasteiger partial charge < -0.3 is 20.1 Å². The maximum Gasteiger partial charge on any atom is 0.315 e. The van der Waals surface area contributed by atoms with Crippen molar-refractivity contribution < 1.29 is 23.9 Å². The molecule has 0 aliphatic carbocycles. The number of allylic oxidation sites excluding steroid dienone is 2. The fraction of sp³-hybridized carbons (Fsp3) is 0.816. The molecule has 0 saturated carbocycles. The lowest BCUT2D eigenvalue weighted by Crippen LogP contribution is -2.35. The van der Waals surface area contributed by atoms with Gasteiger partial charge in [-0.15, -0.1) is 0 Å². The van der Waals surface area contributed by atoms with Gasteiger partial charge in [0.15, 0.2) is 0 Å². The lowest BCUT2D eigenvalue weighted by molar-refractivity contribution is -0.141. The van der Waals surface area contributed by atoms with Gasteiger partial charge in [-0.3, -0.25) is 9.59 Å². The van der Waals surface area contributed by atoms with E-state index in [2.05, 4.69) is 42.3 Å². The van der Waals surface area contributed by atoms with Crippen LogP contribution in [-0.2, 0) is 19.1 Å². The molecule has 0 aliphatic heterocycles. The second kappa shape index (κ2) is 44.0. The van der Waals surface area contributed by atoms with Crippen LogP contribution in [0.25, 0.3) is 10.4 Å². The van der Waals surface area contributed by atoms with Crippen LogP contribution in [0.3, 0.4) is 0 Å². The number of urea groups is 1. The Bertz CT molecular complexity index is 828. The van der Waals surface area contributed by atoms with Crippen LogP contribution in [0.1, 0.15) is 168 Å². The number of carbonyl (C=O) groups excluding carboxylic acids is 3. The van der Waals surface area contributed by atoms with Crippen molar-refractivity contribution in [2.24, 2.45) is 5.11 Å². The van der Waals surface area contributed by atoms with Crippen LogP contribution in [0.5, 0.6) is 0 Å². The summed E-state index contributed by atoms with van der Waals surface area (Å²) in [5.41, 5.74) is 8.11. The molecule has 10 nitrogen and oxygen atoms in total. The highest BCUT2D eigenvalue weighted by Gasteiger charge is 2.00. The van der Waals surface area contributed by atoms with E-state index in [1.54, 1.807) is 0 Å². The average molecular weight is 680 g/mol. The molecule has 0 aromatic heterocycles. The van der Waals surface area contributed by atoms with Gasteiger partial charge in [-0.05, 0) is 51.0 Å². The Kier molecular flexibility index (Phi) is 45.3. The number of carbonyl (C=O) groups is 3. The quantitative estimate of drug-likeness (QED) is 0.0187. The van der Waals surface area contributed by atoms with Crippen LogP contribution >= 0.6 is 0 Å². The summed E-state index contributed by atoms with van der Waals surface area (Å²) in [7, 11) is 2.90. The summed E-state index contributed by atoms with van der Waals surface area (Å²) < 4.78 is 9.24. The first-order valence-electron chi connectivity index (χ1n) is 18.5. The van der Waals surface area contributed by atoms with Crippen LogP contribution in [0.2, 0.25) is 0 Å². The highest BCUT2D eigenvalue weighted by Crippen LogP contribution is 2.13. The van der Waals surface area contributed by atoms with Gasteiger partial charge >= 0.3 is 18.0 Å². The van der Waals surface area contributed by atoms with Gasteiger partial charge in [-0.2, -0.15) is 0 Å². The second-order valence-electron chi connectivity index (χ2n) is 11.9. The smallest absolute Gasteiger partial charge is 0.315 e. The second-order valence-corrected chi connectivity index (χ2v) is 11.9. The molecule has 0 radical (unpaired) electrons. The number of esters is 2. The van der Waals surface area contributed by atoms with Crippen LogP contribution in [0.15, 0.2) is 29.4 Å². The Morgan fingerprint density at radius 2 is 0.958 bits per heavy atom. The minimum Gasteiger partial charge on any atom is -0.469 e. The van der Waals surface area contributed by atoms with E-state index in [0.29, 0.717) is 32.5 Å². The number of unbranched alkanes of at least 4 members (excludes halogenated alkanes) is 20. The number of hydrogen-bond donors (Lipinski definition) is 2. The molecule has 0 saturated heterocycles. The van der Waals surface area contributed by atoms with Crippen molar-refractivity contribution >= 4 is 18.0 Å². The molecule has 0 aromatic rings. The third-order valence-electron chi connectivity index (χ3n) is 7.76. The molecule has 0 atom stereocenters. The van der Waals surface area contributed by atoms with E-state index in [-0.39, 0.29) is 25.4 Å². The van der Waals surface area contributed by atoms with E-state index in [1.807, 2.05) is 19.1 Å². The summed E-state index contributed by atoms with van der Waals surface area (Å²) in [6.07, 6.45) is 36.3. The summed E-state index contributed by atoms with van der Waals surface area (Å²) >= 11 is 0. The Morgan fingerprint density at radius 1 is 0.583 bits per heavy atom. The third kappa shape index (κ3) is 45.1. The monoisotopic (exact) mass is 680 g/mol. The van der Waals surface area contributed by atoms with E-state index < -0.39 is 0 Å². The zero-order chi connectivity index (χ0) is 34.9. The highest BCUT2D eigenvalue weighted by atomic mass is 16.5. The Balaban J connectivity index is -0.000000833. The van der Waals surface area contributed by atoms with Crippen LogP contribution in [-0.4, -0.2) is 51.8 Å². The van der Waals surface area contributed by atoms with Gasteiger partial charge in [0.25, 0.3) is 0 Å². The van der Waals surface area contributed by atoms with E-state index >= 15 is 0 Å². The van der Waals surface area contributed by atoms with Gasteiger partial charge in [0, 0.05) is 37.4 Å². The number of methoxy groups -OCH3 is 2. The van der Waals surface area contributed by atoms with Gasteiger partial charge in [0.2, 0.25) is 0 Å². The number of amides is 2. The molecular formula is C38H73N5O5. The lowest BCUT2D eigenvalue weighted by Gasteiger charge is -2.03. The molecule has 2 amide bonds. The molecule has 2 N–H and O–H groups in total. The fourth-order valence-electron chi connectivity index (χ4n) is 4.95. The number of ether oxygens (including phenoxy) is 2. The maximum atomic E-state index is 11.1. The molecule has 0 bridgehead atoms. The summed E-state index contributed by atoms with van der Waals surface area (Å²) in [6, 6.07) is -0.101. The molecule has 0 heterocycles. The number of rotatable bonds is 31. The summed E-state index contributed by atoms with van der Waals surface area (Å²) in [4.78, 5) is 35.7. The van der Waals surface area contributed by atoms with E-state index in [0.717, 1.165) is 38.5 Å². The van der Waals surface area contributed by atoms with Gasteiger partial charge in [0.05, 0.1) is 14.2 Å². The molecule has 0 aliphatic rings. The number of hydrogen-bond acceptors (Lipinski definition) is 6. The molecular weight excluding hydrogens is 606 g/mol. The normalized spacial score (nSPS) is 10.5. The molecule has 0 fully saturated rings. The van der Waals surface area contributed by atoms with Crippen molar-refractivity contribution in [3.8, 4) is 0 Å². The van der Waals surface area contributed by atoms with E-state index in [1.165, 1.54) is 117 Å². The number of azide groups is 1. The third-order valence-corrected chi connectivity index (χ3v) is 7.76. The predicted molar refractivity (Wildman–Crippen MR) is 201 cm³/mol. The molecule has 0 unspecified atom stereocenters. The zero-order valence-corrected chi connectivity index (χ0v) is 30.3. The van der Waals surface area contributed by atoms with Crippen molar-refractivity contribution in [3.63, 3.8) is 0 Å². The first-order valence-corrected chi connectivity index (χ1v) is 18.5. The molecule has 48 heavy (non-hydrogen) atoms. The topological polar surface area (TPSA) is 142 Å². The molecule has 10 heteroatoms. The van der Waals surface area contributed by atoms with Crippen molar-refractivity contribution in [1.29, 1.82) is 0 Å². The van der Waals surface area contributed by atoms with Crippen molar-refractivity contribution in [1.82, 2.24) is 10.6 Å². The Hall–Kier alpha value is -3.00. The predicted octanol–water partition coefficient (Wildman–Crippen LogP) is 11.1. The Morgan fingerprint density at radius 3 is 1.33 bits per heavy atom. The van der Waals surface area contributed by atoms with Crippen molar-refractivity contribution in [2.75, 3.05) is 33.9 Å². The molecule has 0 spiro atoms. The standard InChI is InChI=1S/C20H38N2O3.C17H31N3O2.CH4/c1-3-21-20(24)22-18-16-14-12-10-8-6-4-5-7-9-11-13-15-17-19(23)25-2;1-22-17(21)15-13-11-9-7-5-3-2-4-6-8-10-12-14-16-19-20-18;/h14,16H,3-13,15,17-18H2,1-2H3,(H2,21,22,24);12,14H,2-11,13,15-16H2,1H3;1H4/b16-14-;14-12-;.